The molecule has 3 rings (SSSR count). The van der Waals surface area contributed by atoms with Crippen LogP contribution in [0.25, 0.3) is 0 Å². The first-order valence-electron chi connectivity index (χ1n) is 6.33. The van der Waals surface area contributed by atoms with Crippen molar-refractivity contribution in [2.24, 2.45) is 23.5 Å². The van der Waals surface area contributed by atoms with Gasteiger partial charge in [0.25, 0.3) is 0 Å². The molecule has 1 aromatic carbocycles. The number of halogens is 2. The van der Waals surface area contributed by atoms with E-state index in [2.05, 4.69) is 22.0 Å². The summed E-state index contributed by atoms with van der Waals surface area (Å²) in [5.41, 5.74) is 7.51. The Morgan fingerprint density at radius 1 is 1.29 bits per heavy atom. The second kappa shape index (κ2) is 4.56. The van der Waals surface area contributed by atoms with Crippen LogP contribution in [0.15, 0.2) is 22.7 Å². The normalized spacial score (nSPS) is 32.3. The molecule has 3 unspecified atom stereocenters. The molecule has 2 saturated carbocycles. The van der Waals surface area contributed by atoms with Crippen LogP contribution in [0.3, 0.4) is 0 Å². The van der Waals surface area contributed by atoms with Crippen molar-refractivity contribution in [2.45, 2.75) is 31.7 Å². The maximum absolute atomic E-state index is 6.33. The Labute approximate surface area is 116 Å². The molecule has 0 aromatic heterocycles. The molecule has 3 heteroatoms. The third kappa shape index (κ3) is 2.54. The van der Waals surface area contributed by atoms with E-state index in [9.17, 15) is 0 Å². The fraction of sp³-hybridized carbons (Fsp3) is 0.571. The summed E-state index contributed by atoms with van der Waals surface area (Å²) in [4.78, 5) is 0. The number of benzene rings is 1. The van der Waals surface area contributed by atoms with Crippen molar-refractivity contribution in [1.29, 1.82) is 0 Å². The van der Waals surface area contributed by atoms with Crippen LogP contribution in [0.2, 0.25) is 5.02 Å². The highest BCUT2D eigenvalue weighted by molar-refractivity contribution is 9.10. The first-order valence-corrected chi connectivity index (χ1v) is 7.50. The predicted molar refractivity (Wildman–Crippen MR) is 75.2 cm³/mol. The molecule has 0 bridgehead atoms. The molecule has 17 heavy (non-hydrogen) atoms. The van der Waals surface area contributed by atoms with Crippen LogP contribution in [-0.2, 0) is 6.42 Å². The van der Waals surface area contributed by atoms with Gasteiger partial charge in [0, 0.05) is 15.5 Å². The van der Waals surface area contributed by atoms with Gasteiger partial charge in [-0.05, 0) is 61.1 Å². The van der Waals surface area contributed by atoms with Crippen LogP contribution < -0.4 is 5.73 Å². The summed E-state index contributed by atoms with van der Waals surface area (Å²) in [6.07, 6.45) is 5.07. The Morgan fingerprint density at radius 3 is 2.65 bits per heavy atom. The molecule has 0 amide bonds. The third-order valence-corrected chi connectivity index (χ3v) is 5.20. The first kappa shape index (κ1) is 12.0. The first-order chi connectivity index (χ1) is 8.13. The van der Waals surface area contributed by atoms with Crippen molar-refractivity contribution in [3.8, 4) is 0 Å². The predicted octanol–water partition coefficient (Wildman–Crippen LogP) is 4.02. The van der Waals surface area contributed by atoms with Crippen LogP contribution in [-0.4, -0.2) is 6.04 Å². The molecule has 3 atom stereocenters. The average Bonchev–Trinajstić information content (AvgIpc) is 2.89. The Balaban J connectivity index is 1.65. The van der Waals surface area contributed by atoms with Crippen molar-refractivity contribution >= 4 is 27.5 Å². The van der Waals surface area contributed by atoms with E-state index >= 15 is 0 Å². The van der Waals surface area contributed by atoms with Crippen LogP contribution in [0.5, 0.6) is 0 Å². The fourth-order valence-corrected chi connectivity index (χ4v) is 3.97. The van der Waals surface area contributed by atoms with Crippen molar-refractivity contribution in [1.82, 2.24) is 0 Å². The van der Waals surface area contributed by atoms with Gasteiger partial charge in [-0.2, -0.15) is 0 Å². The van der Waals surface area contributed by atoms with Gasteiger partial charge < -0.3 is 5.73 Å². The summed E-state index contributed by atoms with van der Waals surface area (Å²) >= 11 is 9.66. The minimum Gasteiger partial charge on any atom is -0.327 e. The molecule has 92 valence electrons. The van der Waals surface area contributed by atoms with Crippen molar-refractivity contribution in [3.63, 3.8) is 0 Å². The Bertz CT molecular complexity index is 424. The van der Waals surface area contributed by atoms with Gasteiger partial charge in [0.15, 0.2) is 0 Å². The van der Waals surface area contributed by atoms with Gasteiger partial charge in [-0.15, -0.1) is 0 Å². The average molecular weight is 315 g/mol. The highest BCUT2D eigenvalue weighted by Gasteiger charge is 2.47. The number of hydrogen-bond donors (Lipinski definition) is 1. The van der Waals surface area contributed by atoms with Gasteiger partial charge in [-0.25, -0.2) is 0 Å². The van der Waals surface area contributed by atoms with Gasteiger partial charge >= 0.3 is 0 Å². The van der Waals surface area contributed by atoms with Crippen molar-refractivity contribution in [2.75, 3.05) is 0 Å². The summed E-state index contributed by atoms with van der Waals surface area (Å²) in [6, 6.07) is 6.36. The number of hydrogen-bond acceptors (Lipinski definition) is 1. The highest BCUT2D eigenvalue weighted by atomic mass is 79.9. The Kier molecular flexibility index (Phi) is 3.22. The molecule has 0 aliphatic heterocycles. The van der Waals surface area contributed by atoms with Crippen LogP contribution in [0.4, 0.5) is 0 Å². The standard InChI is InChI=1S/C14H17BrClN/c15-12-2-1-8(13(16)7-12)6-14(17)11-4-9-3-10(9)5-11/h1-2,7,9-11,14H,3-6,17H2. The molecule has 0 radical (unpaired) electrons. The minimum absolute atomic E-state index is 0.279. The molecule has 0 spiro atoms. The molecule has 1 nitrogen and oxygen atoms in total. The van der Waals surface area contributed by atoms with Gasteiger partial charge in [-0.1, -0.05) is 33.6 Å². The number of fused-ring (bicyclic) bond motifs is 1. The lowest BCUT2D eigenvalue weighted by Gasteiger charge is -2.21. The van der Waals surface area contributed by atoms with Crippen molar-refractivity contribution < 1.29 is 0 Å². The van der Waals surface area contributed by atoms with E-state index in [-0.39, 0.29) is 6.04 Å². The van der Waals surface area contributed by atoms with E-state index in [0.29, 0.717) is 0 Å². The lowest BCUT2D eigenvalue weighted by molar-refractivity contribution is 0.392. The topological polar surface area (TPSA) is 26.0 Å². The summed E-state index contributed by atoms with van der Waals surface area (Å²) in [5.74, 6) is 2.73. The molecular formula is C14H17BrClN. The van der Waals surface area contributed by atoms with Crippen molar-refractivity contribution in [3.05, 3.63) is 33.3 Å². The van der Waals surface area contributed by atoms with Crippen LogP contribution in [0.1, 0.15) is 24.8 Å². The largest absolute Gasteiger partial charge is 0.327 e. The van der Waals surface area contributed by atoms with E-state index < -0.39 is 0 Å². The van der Waals surface area contributed by atoms with Gasteiger partial charge in [0.05, 0.1) is 0 Å². The van der Waals surface area contributed by atoms with E-state index in [4.69, 9.17) is 17.3 Å². The highest BCUT2D eigenvalue weighted by Crippen LogP contribution is 2.55. The van der Waals surface area contributed by atoms with E-state index in [1.165, 1.54) is 24.8 Å². The molecule has 0 heterocycles. The van der Waals surface area contributed by atoms with E-state index in [0.717, 1.165) is 33.7 Å². The zero-order valence-electron chi connectivity index (χ0n) is 9.70. The quantitative estimate of drug-likeness (QED) is 0.896. The minimum atomic E-state index is 0.279. The Hall–Kier alpha value is -0.0500. The zero-order valence-corrected chi connectivity index (χ0v) is 12.0. The molecular weight excluding hydrogens is 298 g/mol. The Morgan fingerprint density at radius 2 is 2.00 bits per heavy atom. The maximum Gasteiger partial charge on any atom is 0.0449 e. The summed E-state index contributed by atoms with van der Waals surface area (Å²) < 4.78 is 1.03. The molecule has 2 aliphatic carbocycles. The molecule has 2 fully saturated rings. The van der Waals surface area contributed by atoms with Crippen LogP contribution in [0, 0.1) is 17.8 Å². The summed E-state index contributed by atoms with van der Waals surface area (Å²) in [7, 11) is 0. The van der Waals surface area contributed by atoms with Gasteiger partial charge in [-0.3, -0.25) is 0 Å². The van der Waals surface area contributed by atoms with Gasteiger partial charge in [0.2, 0.25) is 0 Å². The summed E-state index contributed by atoms with van der Waals surface area (Å²) in [5, 5.41) is 0.831. The summed E-state index contributed by atoms with van der Waals surface area (Å²) in [6.45, 7) is 0. The number of rotatable bonds is 3. The SMILES string of the molecule is NC(Cc1ccc(Br)cc1Cl)C1CC2CC2C1. The molecule has 1 aromatic rings. The molecule has 0 saturated heterocycles. The lowest BCUT2D eigenvalue weighted by Crippen LogP contribution is -2.31. The maximum atomic E-state index is 6.33. The molecule has 2 aliphatic rings. The smallest absolute Gasteiger partial charge is 0.0449 e. The van der Waals surface area contributed by atoms with E-state index in [1.54, 1.807) is 0 Å². The van der Waals surface area contributed by atoms with Crippen LogP contribution >= 0.6 is 27.5 Å². The second-order valence-corrected chi connectivity index (χ2v) is 6.91. The zero-order chi connectivity index (χ0) is 12.0. The van der Waals surface area contributed by atoms with E-state index in [1.807, 2.05) is 12.1 Å². The third-order valence-electron chi connectivity index (χ3n) is 4.36. The monoisotopic (exact) mass is 313 g/mol. The molecule has 2 N–H and O–H groups in total. The van der Waals surface area contributed by atoms with Gasteiger partial charge in [0.1, 0.15) is 0 Å². The lowest BCUT2D eigenvalue weighted by atomic mass is 9.90. The fourth-order valence-electron chi connectivity index (χ4n) is 3.22. The number of nitrogens with two attached hydrogens (primary N) is 1. The second-order valence-electron chi connectivity index (χ2n) is 5.59.